The Hall–Kier alpha value is -1.75. The van der Waals surface area contributed by atoms with E-state index < -0.39 is 55.7 Å². The molecule has 1 fully saturated rings. The van der Waals surface area contributed by atoms with Crippen molar-refractivity contribution in [3.8, 4) is 0 Å². The summed E-state index contributed by atoms with van der Waals surface area (Å²) in [5, 5.41) is 8.83. The summed E-state index contributed by atoms with van der Waals surface area (Å²) >= 11 is 4.81. The largest absolute Gasteiger partial charge is 0.464 e. The van der Waals surface area contributed by atoms with E-state index in [0.717, 1.165) is 6.92 Å². The minimum Gasteiger partial charge on any atom is -0.464 e. The van der Waals surface area contributed by atoms with Gasteiger partial charge in [-0.15, -0.1) is 0 Å². The van der Waals surface area contributed by atoms with Crippen LogP contribution in [0.3, 0.4) is 0 Å². The van der Waals surface area contributed by atoms with Gasteiger partial charge in [0.25, 0.3) is 5.91 Å². The lowest BCUT2D eigenvalue weighted by atomic mass is 9.96. The maximum atomic E-state index is 13.8. The van der Waals surface area contributed by atoms with Gasteiger partial charge in [0.15, 0.2) is 27.6 Å². The quantitative estimate of drug-likeness (QED) is 0.362. The Kier molecular flexibility index (Phi) is 3.90. The second-order valence-electron chi connectivity index (χ2n) is 4.27. The number of imide groups is 1. The van der Waals surface area contributed by atoms with Gasteiger partial charge in [-0.25, -0.2) is 26.7 Å². The molecule has 1 saturated heterocycles. The summed E-state index contributed by atoms with van der Waals surface area (Å²) in [7, 11) is 0. The van der Waals surface area contributed by atoms with Crippen LogP contribution >= 0.6 is 24.0 Å². The zero-order valence-corrected chi connectivity index (χ0v) is 12.1. The maximum absolute atomic E-state index is 13.8. The van der Waals surface area contributed by atoms with Crippen LogP contribution in [-0.2, 0) is 9.54 Å². The van der Waals surface area contributed by atoms with Crippen molar-refractivity contribution < 1.29 is 36.6 Å². The molecule has 11 heteroatoms. The van der Waals surface area contributed by atoms with Crippen molar-refractivity contribution in [2.24, 2.45) is 0 Å². The van der Waals surface area contributed by atoms with E-state index in [0.29, 0.717) is 0 Å². The van der Waals surface area contributed by atoms with Gasteiger partial charge in [-0.3, -0.25) is 4.79 Å². The highest BCUT2D eigenvalue weighted by Crippen LogP contribution is 2.48. The first kappa shape index (κ1) is 16.6. The average molecular weight is 357 g/mol. The van der Waals surface area contributed by atoms with Gasteiger partial charge in [-0.1, -0.05) is 24.0 Å². The van der Waals surface area contributed by atoms with Gasteiger partial charge in [0.05, 0.1) is 5.56 Å². The lowest BCUT2D eigenvalue weighted by Gasteiger charge is -2.22. The van der Waals surface area contributed by atoms with E-state index in [1.807, 2.05) is 0 Å². The molecule has 0 spiro atoms. The predicted octanol–water partition coefficient (Wildman–Crippen LogP) is 3.14. The van der Waals surface area contributed by atoms with Crippen LogP contribution in [-0.4, -0.2) is 26.3 Å². The summed E-state index contributed by atoms with van der Waals surface area (Å²) in [6.45, 7) is 0.827. The highest BCUT2D eigenvalue weighted by atomic mass is 32.2. The fraction of sp³-hybridized carbons (Fsp3) is 0.182. The zero-order chi connectivity index (χ0) is 17.0. The van der Waals surface area contributed by atoms with E-state index in [9.17, 15) is 31.5 Å². The van der Waals surface area contributed by atoms with Gasteiger partial charge >= 0.3 is 6.09 Å². The molecule has 1 aromatic rings. The topological polar surface area (TPSA) is 57.6 Å². The lowest BCUT2D eigenvalue weighted by Crippen LogP contribution is -2.40. The van der Waals surface area contributed by atoms with Crippen molar-refractivity contribution in [2.75, 3.05) is 0 Å². The Bertz CT molecular complexity index is 712. The van der Waals surface area contributed by atoms with Gasteiger partial charge in [0.1, 0.15) is 4.75 Å². The second kappa shape index (κ2) is 5.16. The number of carboxylic acid groups (broad SMARTS) is 1. The molecule has 4 nitrogen and oxygen atoms in total. The van der Waals surface area contributed by atoms with E-state index in [2.05, 4.69) is 12.2 Å². The van der Waals surface area contributed by atoms with Gasteiger partial charge in [0, 0.05) is 0 Å². The van der Waals surface area contributed by atoms with Crippen LogP contribution in [0.25, 0.3) is 0 Å². The maximum Gasteiger partial charge on any atom is 0.419 e. The summed E-state index contributed by atoms with van der Waals surface area (Å²) in [5.74, 6) is -12.7. The third-order valence-electron chi connectivity index (χ3n) is 2.96. The summed E-state index contributed by atoms with van der Waals surface area (Å²) in [4.78, 5) is 23.0. The van der Waals surface area contributed by atoms with Crippen molar-refractivity contribution in [3.05, 3.63) is 34.6 Å². The van der Waals surface area contributed by atoms with Crippen molar-refractivity contribution in [1.29, 1.82) is 0 Å². The lowest BCUT2D eigenvalue weighted by molar-refractivity contribution is -0.127. The highest BCUT2D eigenvalue weighted by molar-refractivity contribution is 8.24. The molecule has 1 aromatic carbocycles. The van der Waals surface area contributed by atoms with Crippen LogP contribution in [0.1, 0.15) is 12.5 Å². The predicted molar refractivity (Wildman–Crippen MR) is 68.6 cm³/mol. The number of thiocarbonyl (C=S) groups is 1. The van der Waals surface area contributed by atoms with E-state index in [4.69, 9.17) is 5.11 Å². The van der Waals surface area contributed by atoms with Crippen molar-refractivity contribution in [3.63, 3.8) is 0 Å². The molecular formula is C11H4F5NO3S2. The first-order valence-corrected chi connectivity index (χ1v) is 6.58. The molecule has 2 rings (SSSR count). The van der Waals surface area contributed by atoms with E-state index in [1.54, 1.807) is 0 Å². The first-order valence-electron chi connectivity index (χ1n) is 5.36. The van der Waals surface area contributed by atoms with E-state index in [1.165, 1.54) is 0 Å². The number of carbonyl (C=O) groups is 2. The summed E-state index contributed by atoms with van der Waals surface area (Å²) < 4.78 is 64.3. The molecule has 1 aliphatic rings. The molecule has 0 radical (unpaired) electrons. The molecule has 1 N–H and O–H groups in total. The molecule has 0 aromatic heterocycles. The average Bonchev–Trinajstić information content (AvgIpc) is 2.65. The van der Waals surface area contributed by atoms with Crippen LogP contribution in [0.5, 0.6) is 0 Å². The fourth-order valence-corrected chi connectivity index (χ4v) is 3.63. The molecule has 0 saturated carbocycles. The first-order chi connectivity index (χ1) is 10.0. The Morgan fingerprint density at radius 1 is 1.09 bits per heavy atom. The molecule has 0 bridgehead atoms. The number of nitrogens with zero attached hydrogens (tertiary/aromatic N) is 1. The molecule has 22 heavy (non-hydrogen) atoms. The summed E-state index contributed by atoms with van der Waals surface area (Å²) in [6, 6.07) is 0. The molecule has 0 aliphatic carbocycles. The molecule has 1 unspecified atom stereocenters. The molecule has 118 valence electrons. The Labute approximate surface area is 128 Å². The Morgan fingerprint density at radius 3 is 1.86 bits per heavy atom. The van der Waals surface area contributed by atoms with Crippen molar-refractivity contribution >= 4 is 40.3 Å². The van der Waals surface area contributed by atoms with Crippen LogP contribution in [0.4, 0.5) is 26.7 Å². The van der Waals surface area contributed by atoms with E-state index >= 15 is 0 Å². The van der Waals surface area contributed by atoms with Crippen LogP contribution in [0.15, 0.2) is 0 Å². The number of halogens is 5. The number of thioether (sulfide) groups is 1. The number of amides is 2. The zero-order valence-electron chi connectivity index (χ0n) is 10.4. The fourth-order valence-electron chi connectivity index (χ4n) is 1.91. The smallest absolute Gasteiger partial charge is 0.419 e. The van der Waals surface area contributed by atoms with Crippen LogP contribution in [0, 0.1) is 29.1 Å². The normalized spacial score (nSPS) is 21.6. The highest BCUT2D eigenvalue weighted by Gasteiger charge is 2.55. The van der Waals surface area contributed by atoms with Crippen LogP contribution in [0.2, 0.25) is 0 Å². The number of benzene rings is 1. The minimum atomic E-state index is -2.39. The third-order valence-corrected chi connectivity index (χ3v) is 4.54. The van der Waals surface area contributed by atoms with Gasteiger partial charge in [-0.05, 0) is 6.92 Å². The summed E-state index contributed by atoms with van der Waals surface area (Å²) in [6.07, 6.45) is -1.82. The Morgan fingerprint density at radius 2 is 1.50 bits per heavy atom. The van der Waals surface area contributed by atoms with Gasteiger partial charge < -0.3 is 5.11 Å². The molecule has 1 heterocycles. The van der Waals surface area contributed by atoms with Gasteiger partial charge in [0.2, 0.25) is 5.82 Å². The molecule has 1 atom stereocenters. The monoisotopic (exact) mass is 357 g/mol. The standard InChI is InChI=1S/C11H4F5NO3S2/c1-11(8(18)17(9(19)20)10(21)22-11)2-3(12)5(14)7(16)6(15)4(2)13/h1H3,(H,19,20). The number of rotatable bonds is 1. The number of carbonyl (C=O) groups excluding carboxylic acids is 1. The number of hydrogen-bond acceptors (Lipinski definition) is 4. The third kappa shape index (κ3) is 2.07. The molecule has 2 amide bonds. The van der Waals surface area contributed by atoms with Crippen molar-refractivity contribution in [1.82, 2.24) is 4.90 Å². The summed E-state index contributed by atoms with van der Waals surface area (Å²) in [5.41, 5.74) is -1.44. The SMILES string of the molecule is CC1(c2c(F)c(F)c(F)c(F)c2F)SC(=S)N(C(=O)O)C1=O. The molecule has 1 aliphatic heterocycles. The van der Waals surface area contributed by atoms with Gasteiger partial charge in [-0.2, -0.15) is 4.90 Å². The molecular weight excluding hydrogens is 353 g/mol. The second-order valence-corrected chi connectivity index (χ2v) is 6.32. The Balaban J connectivity index is 2.75. The van der Waals surface area contributed by atoms with E-state index in [-0.39, 0.29) is 16.7 Å². The van der Waals surface area contributed by atoms with Crippen LogP contribution < -0.4 is 0 Å². The number of hydrogen-bond donors (Lipinski definition) is 1. The minimum absolute atomic E-state index is 0.0120. The van der Waals surface area contributed by atoms with Crippen molar-refractivity contribution in [2.45, 2.75) is 11.7 Å².